The first-order valence-corrected chi connectivity index (χ1v) is 8.07. The van der Waals surface area contributed by atoms with Gasteiger partial charge in [0.05, 0.1) is 6.20 Å². The van der Waals surface area contributed by atoms with Gasteiger partial charge in [-0.15, -0.1) is 11.3 Å². The lowest BCUT2D eigenvalue weighted by Gasteiger charge is -2.24. The lowest BCUT2D eigenvalue weighted by atomic mass is 10.2. The van der Waals surface area contributed by atoms with Crippen LogP contribution in [0.5, 0.6) is 0 Å². The van der Waals surface area contributed by atoms with Crippen LogP contribution in [0.3, 0.4) is 0 Å². The van der Waals surface area contributed by atoms with Crippen molar-refractivity contribution in [2.24, 2.45) is 0 Å². The highest BCUT2D eigenvalue weighted by Gasteiger charge is 2.11. The molecule has 0 amide bonds. The Kier molecular flexibility index (Phi) is 4.48. The van der Waals surface area contributed by atoms with Crippen molar-refractivity contribution in [1.29, 1.82) is 0 Å². The van der Waals surface area contributed by atoms with Gasteiger partial charge in [-0.1, -0.05) is 0 Å². The molecule has 0 aliphatic rings. The summed E-state index contributed by atoms with van der Waals surface area (Å²) in [6.07, 6.45) is 7.24. The molecule has 0 spiro atoms. The van der Waals surface area contributed by atoms with Gasteiger partial charge in [0.2, 0.25) is 0 Å². The summed E-state index contributed by atoms with van der Waals surface area (Å²) >= 11 is 3.68. The van der Waals surface area contributed by atoms with Crippen molar-refractivity contribution in [3.8, 4) is 0 Å². The Balaban J connectivity index is 1.98. The predicted octanol–water partition coefficient (Wildman–Crippen LogP) is 2.97. The molecular weight excluding hydrogens is 250 g/mol. The Hall–Kier alpha value is -0.520. The summed E-state index contributed by atoms with van der Waals surface area (Å²) < 4.78 is 2.18. The SMILES string of the molecule is CSCCC(C)N(C)Cc1csc2cncn12. The number of imidazole rings is 1. The summed E-state index contributed by atoms with van der Waals surface area (Å²) in [6.45, 7) is 3.29. The third-order valence-electron chi connectivity index (χ3n) is 3.13. The van der Waals surface area contributed by atoms with E-state index in [0.717, 1.165) is 6.54 Å². The second kappa shape index (κ2) is 5.89. The van der Waals surface area contributed by atoms with Crippen molar-refractivity contribution in [2.75, 3.05) is 19.1 Å². The van der Waals surface area contributed by atoms with E-state index in [-0.39, 0.29) is 0 Å². The topological polar surface area (TPSA) is 20.5 Å². The maximum Gasteiger partial charge on any atom is 0.119 e. The van der Waals surface area contributed by atoms with Crippen molar-refractivity contribution in [3.63, 3.8) is 0 Å². The molecule has 5 heteroatoms. The van der Waals surface area contributed by atoms with Gasteiger partial charge >= 0.3 is 0 Å². The minimum atomic E-state index is 0.626. The second-order valence-corrected chi connectivity index (χ2v) is 6.25. The molecule has 1 unspecified atom stereocenters. The maximum atomic E-state index is 4.18. The fourth-order valence-electron chi connectivity index (χ4n) is 1.80. The first kappa shape index (κ1) is 12.9. The Labute approximate surface area is 111 Å². The fraction of sp³-hybridized carbons (Fsp3) is 0.583. The van der Waals surface area contributed by atoms with E-state index in [0.29, 0.717) is 6.04 Å². The highest BCUT2D eigenvalue weighted by Crippen LogP contribution is 2.18. The molecule has 0 aliphatic carbocycles. The number of nitrogens with zero attached hydrogens (tertiary/aromatic N) is 3. The molecule has 1 atom stereocenters. The van der Waals surface area contributed by atoms with Gasteiger partial charge in [-0.05, 0) is 32.4 Å². The summed E-state index contributed by atoms with van der Waals surface area (Å²) in [5, 5.41) is 2.23. The first-order chi connectivity index (χ1) is 8.22. The zero-order valence-corrected chi connectivity index (χ0v) is 12.2. The van der Waals surface area contributed by atoms with Gasteiger partial charge in [-0.25, -0.2) is 4.98 Å². The summed E-state index contributed by atoms with van der Waals surface area (Å²) in [7, 11) is 2.20. The first-order valence-electron chi connectivity index (χ1n) is 5.80. The lowest BCUT2D eigenvalue weighted by molar-refractivity contribution is 0.242. The molecule has 17 heavy (non-hydrogen) atoms. The van der Waals surface area contributed by atoms with E-state index in [1.807, 2.05) is 24.3 Å². The monoisotopic (exact) mass is 269 g/mol. The van der Waals surface area contributed by atoms with Crippen LogP contribution in [0.4, 0.5) is 0 Å². The fourth-order valence-corrected chi connectivity index (χ4v) is 3.23. The Morgan fingerprint density at radius 2 is 2.41 bits per heavy atom. The maximum absolute atomic E-state index is 4.18. The van der Waals surface area contributed by atoms with Gasteiger partial charge in [-0.3, -0.25) is 9.30 Å². The Bertz CT molecular complexity index is 463. The average Bonchev–Trinajstić information content (AvgIpc) is 2.90. The molecule has 2 aromatic heterocycles. The van der Waals surface area contributed by atoms with E-state index in [1.54, 1.807) is 11.3 Å². The summed E-state index contributed by atoms with van der Waals surface area (Å²) in [5.74, 6) is 1.23. The van der Waals surface area contributed by atoms with E-state index in [9.17, 15) is 0 Å². The molecule has 0 aromatic carbocycles. The Morgan fingerprint density at radius 3 is 3.18 bits per heavy atom. The van der Waals surface area contributed by atoms with Crippen LogP contribution in [0, 0.1) is 0 Å². The van der Waals surface area contributed by atoms with Crippen LogP contribution in [0.2, 0.25) is 0 Å². The van der Waals surface area contributed by atoms with Gasteiger partial charge in [0.25, 0.3) is 0 Å². The number of thioether (sulfide) groups is 1. The number of thiazole rings is 1. The van der Waals surface area contributed by atoms with E-state index in [2.05, 4.69) is 39.9 Å². The minimum Gasteiger partial charge on any atom is -0.298 e. The predicted molar refractivity (Wildman–Crippen MR) is 77.0 cm³/mol. The Morgan fingerprint density at radius 1 is 1.59 bits per heavy atom. The van der Waals surface area contributed by atoms with Crippen molar-refractivity contribution < 1.29 is 0 Å². The van der Waals surface area contributed by atoms with Crippen molar-refractivity contribution in [1.82, 2.24) is 14.3 Å². The average molecular weight is 269 g/mol. The van der Waals surface area contributed by atoms with E-state index < -0.39 is 0 Å². The summed E-state index contributed by atoms with van der Waals surface area (Å²) in [6, 6.07) is 0.626. The van der Waals surface area contributed by atoms with Crippen molar-refractivity contribution >= 4 is 27.9 Å². The van der Waals surface area contributed by atoms with Crippen LogP contribution in [0.15, 0.2) is 17.9 Å². The second-order valence-electron chi connectivity index (χ2n) is 4.37. The molecule has 3 nitrogen and oxygen atoms in total. The largest absolute Gasteiger partial charge is 0.298 e. The molecule has 0 saturated carbocycles. The molecule has 2 aromatic rings. The third kappa shape index (κ3) is 3.03. The quantitative estimate of drug-likeness (QED) is 0.804. The number of fused-ring (bicyclic) bond motifs is 1. The highest BCUT2D eigenvalue weighted by atomic mass is 32.2. The van der Waals surface area contributed by atoms with Crippen LogP contribution in [0.25, 0.3) is 4.83 Å². The molecule has 2 rings (SSSR count). The third-order valence-corrected chi connectivity index (χ3v) is 4.71. The van der Waals surface area contributed by atoms with Gasteiger partial charge in [0.1, 0.15) is 11.2 Å². The van der Waals surface area contributed by atoms with Crippen LogP contribution in [-0.2, 0) is 6.54 Å². The molecule has 2 heterocycles. The van der Waals surface area contributed by atoms with Gasteiger partial charge in [0.15, 0.2) is 0 Å². The summed E-state index contributed by atoms with van der Waals surface area (Å²) in [4.78, 5) is 7.82. The molecule has 0 radical (unpaired) electrons. The van der Waals surface area contributed by atoms with Crippen molar-refractivity contribution in [2.45, 2.75) is 25.9 Å². The number of hydrogen-bond acceptors (Lipinski definition) is 4. The number of aromatic nitrogens is 2. The molecule has 0 fully saturated rings. The molecule has 0 bridgehead atoms. The van der Waals surface area contributed by atoms with E-state index >= 15 is 0 Å². The summed E-state index contributed by atoms with van der Waals surface area (Å²) in [5.41, 5.74) is 1.33. The van der Waals surface area contributed by atoms with Crippen LogP contribution in [-0.4, -0.2) is 39.4 Å². The van der Waals surface area contributed by atoms with Gasteiger partial charge in [-0.2, -0.15) is 11.8 Å². The molecule has 94 valence electrons. The smallest absolute Gasteiger partial charge is 0.119 e. The zero-order chi connectivity index (χ0) is 12.3. The molecule has 0 aliphatic heterocycles. The normalized spacial score (nSPS) is 13.6. The molecule has 0 N–H and O–H groups in total. The lowest BCUT2D eigenvalue weighted by Crippen LogP contribution is -2.29. The van der Waals surface area contributed by atoms with Gasteiger partial charge < -0.3 is 0 Å². The van der Waals surface area contributed by atoms with Crippen LogP contribution in [0.1, 0.15) is 19.0 Å². The van der Waals surface area contributed by atoms with E-state index in [1.165, 1.54) is 22.7 Å². The molecular formula is C12H19N3S2. The van der Waals surface area contributed by atoms with Crippen molar-refractivity contribution in [3.05, 3.63) is 23.6 Å². The number of hydrogen-bond donors (Lipinski definition) is 0. The standard InChI is InChI=1S/C12H19N3S2/c1-10(4-5-16-3)14(2)7-11-8-17-12-6-13-9-15(11)12/h6,8-10H,4-5,7H2,1-3H3. The zero-order valence-electron chi connectivity index (χ0n) is 10.6. The highest BCUT2D eigenvalue weighted by molar-refractivity contribution is 7.98. The van der Waals surface area contributed by atoms with E-state index in [4.69, 9.17) is 0 Å². The number of rotatable bonds is 6. The van der Waals surface area contributed by atoms with Crippen LogP contribution >= 0.6 is 23.1 Å². The minimum absolute atomic E-state index is 0.626. The molecule has 0 saturated heterocycles. The van der Waals surface area contributed by atoms with Crippen LogP contribution < -0.4 is 0 Å². The van der Waals surface area contributed by atoms with Gasteiger partial charge in [0, 0.05) is 23.7 Å².